The molecule has 0 spiro atoms. The minimum atomic E-state index is -0.0524. The summed E-state index contributed by atoms with van der Waals surface area (Å²) in [5, 5.41) is 6.85. The molecule has 2 aromatic rings. The van der Waals surface area contributed by atoms with Crippen molar-refractivity contribution < 1.29 is 4.79 Å². The van der Waals surface area contributed by atoms with Gasteiger partial charge >= 0.3 is 0 Å². The number of thiazole rings is 1. The summed E-state index contributed by atoms with van der Waals surface area (Å²) in [6, 6.07) is 3.94. The molecule has 7 heteroatoms. The van der Waals surface area contributed by atoms with Crippen molar-refractivity contribution in [3.63, 3.8) is 0 Å². The highest BCUT2D eigenvalue weighted by Gasteiger charge is 2.26. The monoisotopic (exact) mass is 334 g/mol. The average molecular weight is 334 g/mol. The molecule has 1 aliphatic heterocycles. The number of rotatable bonds is 5. The topological polar surface area (TPSA) is 58.1 Å². The van der Waals surface area contributed by atoms with Gasteiger partial charge in [-0.25, -0.2) is 9.97 Å². The lowest BCUT2D eigenvalue weighted by atomic mass is 10.2. The Morgan fingerprint density at radius 3 is 3.18 bits per heavy atom. The van der Waals surface area contributed by atoms with Gasteiger partial charge in [0.15, 0.2) is 5.13 Å². The van der Waals surface area contributed by atoms with E-state index in [2.05, 4.69) is 20.2 Å². The molecule has 0 radical (unpaired) electrons. The third-order valence-corrected chi connectivity index (χ3v) is 5.27. The van der Waals surface area contributed by atoms with Crippen molar-refractivity contribution in [3.05, 3.63) is 35.5 Å². The van der Waals surface area contributed by atoms with E-state index in [4.69, 9.17) is 0 Å². The van der Waals surface area contributed by atoms with E-state index in [0.29, 0.717) is 18.2 Å². The molecular formula is C15H18N4OS2. The molecule has 1 aliphatic rings. The first-order valence-corrected chi connectivity index (χ1v) is 9.33. The maximum atomic E-state index is 12.4. The molecule has 0 aliphatic carbocycles. The number of hydrogen-bond donors (Lipinski definition) is 1. The molecule has 1 saturated heterocycles. The summed E-state index contributed by atoms with van der Waals surface area (Å²) < 4.78 is 0. The van der Waals surface area contributed by atoms with E-state index in [-0.39, 0.29) is 5.91 Å². The van der Waals surface area contributed by atoms with E-state index in [1.807, 2.05) is 23.9 Å². The number of pyridine rings is 1. The highest BCUT2D eigenvalue weighted by Crippen LogP contribution is 2.26. The second-order valence-electron chi connectivity index (χ2n) is 5.07. The van der Waals surface area contributed by atoms with Crippen molar-refractivity contribution in [1.82, 2.24) is 15.3 Å². The zero-order valence-corrected chi connectivity index (χ0v) is 14.0. The van der Waals surface area contributed by atoms with Crippen LogP contribution in [0, 0.1) is 0 Å². The number of nitrogens with zero attached hydrogens (tertiary/aromatic N) is 3. The second kappa shape index (κ2) is 7.11. The van der Waals surface area contributed by atoms with Crippen LogP contribution in [0.25, 0.3) is 0 Å². The van der Waals surface area contributed by atoms with Crippen LogP contribution in [0.15, 0.2) is 34.9 Å². The van der Waals surface area contributed by atoms with Crippen LogP contribution in [0.4, 0.5) is 5.13 Å². The van der Waals surface area contributed by atoms with Gasteiger partial charge in [0.2, 0.25) is 0 Å². The Hall–Kier alpha value is -1.60. The number of nitrogens with one attached hydrogen (secondary N) is 1. The summed E-state index contributed by atoms with van der Waals surface area (Å²) in [4.78, 5) is 23.3. The molecule has 3 heterocycles. The Labute approximate surface area is 138 Å². The van der Waals surface area contributed by atoms with Gasteiger partial charge in [-0.1, -0.05) is 0 Å². The summed E-state index contributed by atoms with van der Waals surface area (Å²) >= 11 is 3.14. The molecule has 5 nitrogen and oxygen atoms in total. The molecule has 22 heavy (non-hydrogen) atoms. The molecule has 116 valence electrons. The van der Waals surface area contributed by atoms with Crippen LogP contribution >= 0.6 is 23.1 Å². The highest BCUT2D eigenvalue weighted by atomic mass is 32.2. The van der Waals surface area contributed by atoms with Crippen LogP contribution in [0.5, 0.6) is 0 Å². The van der Waals surface area contributed by atoms with E-state index >= 15 is 0 Å². The van der Waals surface area contributed by atoms with E-state index < -0.39 is 0 Å². The molecule has 1 N–H and O–H groups in total. The normalized spacial score (nSPS) is 17.7. The average Bonchev–Trinajstić information content (AvgIpc) is 3.23. The maximum Gasteiger partial charge on any atom is 0.254 e. The Morgan fingerprint density at radius 2 is 2.41 bits per heavy atom. The van der Waals surface area contributed by atoms with Gasteiger partial charge in [0.05, 0.1) is 5.56 Å². The SMILES string of the molecule is CSc1ncccc1C(=O)NCC1CCCN1c1nccs1. The minimum Gasteiger partial charge on any atom is -0.350 e. The van der Waals surface area contributed by atoms with Crippen LogP contribution in [0.3, 0.4) is 0 Å². The van der Waals surface area contributed by atoms with Gasteiger partial charge in [-0.3, -0.25) is 4.79 Å². The largest absolute Gasteiger partial charge is 0.350 e. The second-order valence-corrected chi connectivity index (χ2v) is 6.74. The molecule has 0 bridgehead atoms. The Morgan fingerprint density at radius 1 is 1.50 bits per heavy atom. The molecule has 3 rings (SSSR count). The first-order valence-electron chi connectivity index (χ1n) is 7.23. The van der Waals surface area contributed by atoms with Gasteiger partial charge in [0, 0.05) is 36.9 Å². The number of hydrogen-bond acceptors (Lipinski definition) is 6. The predicted molar refractivity (Wildman–Crippen MR) is 90.8 cm³/mol. The lowest BCUT2D eigenvalue weighted by Crippen LogP contribution is -2.40. The van der Waals surface area contributed by atoms with Crippen molar-refractivity contribution in [2.24, 2.45) is 0 Å². The summed E-state index contributed by atoms with van der Waals surface area (Å²) in [6.45, 7) is 1.65. The van der Waals surface area contributed by atoms with Crippen molar-refractivity contribution in [3.8, 4) is 0 Å². The van der Waals surface area contributed by atoms with Crippen LogP contribution in [0.2, 0.25) is 0 Å². The third-order valence-electron chi connectivity index (χ3n) is 3.75. The van der Waals surface area contributed by atoms with Gasteiger partial charge in [-0.05, 0) is 31.2 Å². The van der Waals surface area contributed by atoms with Crippen LogP contribution in [-0.2, 0) is 0 Å². The summed E-state index contributed by atoms with van der Waals surface area (Å²) in [6.07, 6.45) is 7.70. The Kier molecular flexibility index (Phi) is 4.94. The number of anilines is 1. The van der Waals surface area contributed by atoms with Gasteiger partial charge < -0.3 is 10.2 Å². The van der Waals surface area contributed by atoms with Crippen molar-refractivity contribution in [2.75, 3.05) is 24.2 Å². The highest BCUT2D eigenvalue weighted by molar-refractivity contribution is 7.98. The van der Waals surface area contributed by atoms with E-state index in [9.17, 15) is 4.79 Å². The molecule has 1 fully saturated rings. The standard InChI is InChI=1S/C15H18N4OS2/c1-21-14-12(5-2-6-16-14)13(20)18-10-11-4-3-8-19(11)15-17-7-9-22-15/h2,5-7,9,11H,3-4,8,10H2,1H3,(H,18,20). The van der Waals surface area contributed by atoms with Crippen molar-refractivity contribution in [1.29, 1.82) is 0 Å². The Balaban J connectivity index is 1.63. The molecule has 0 saturated carbocycles. The lowest BCUT2D eigenvalue weighted by Gasteiger charge is -2.24. The Bertz CT molecular complexity index is 632. The summed E-state index contributed by atoms with van der Waals surface area (Å²) in [5.74, 6) is -0.0524. The van der Waals surface area contributed by atoms with Gasteiger partial charge in [0.1, 0.15) is 5.03 Å². The van der Waals surface area contributed by atoms with E-state index in [1.54, 1.807) is 23.6 Å². The number of amides is 1. The molecular weight excluding hydrogens is 316 g/mol. The smallest absolute Gasteiger partial charge is 0.254 e. The van der Waals surface area contributed by atoms with Crippen LogP contribution in [-0.4, -0.2) is 41.3 Å². The van der Waals surface area contributed by atoms with E-state index in [0.717, 1.165) is 29.5 Å². The maximum absolute atomic E-state index is 12.4. The zero-order chi connectivity index (χ0) is 15.4. The van der Waals surface area contributed by atoms with Gasteiger partial charge in [0.25, 0.3) is 5.91 Å². The van der Waals surface area contributed by atoms with Crippen molar-refractivity contribution >= 4 is 34.1 Å². The first kappa shape index (κ1) is 15.3. The number of carbonyl (C=O) groups excluding carboxylic acids is 1. The molecule has 1 atom stereocenters. The zero-order valence-electron chi connectivity index (χ0n) is 12.4. The fourth-order valence-electron chi connectivity index (χ4n) is 2.69. The first-order chi connectivity index (χ1) is 10.8. The third kappa shape index (κ3) is 3.25. The van der Waals surface area contributed by atoms with Crippen molar-refractivity contribution in [2.45, 2.75) is 23.9 Å². The summed E-state index contributed by atoms with van der Waals surface area (Å²) in [5.41, 5.74) is 0.647. The van der Waals surface area contributed by atoms with Crippen LogP contribution < -0.4 is 10.2 Å². The molecule has 2 aromatic heterocycles. The number of aromatic nitrogens is 2. The predicted octanol–water partition coefficient (Wildman–Crippen LogP) is 2.66. The summed E-state index contributed by atoms with van der Waals surface area (Å²) in [7, 11) is 0. The molecule has 0 aromatic carbocycles. The fourth-order valence-corrected chi connectivity index (χ4v) is 3.98. The van der Waals surface area contributed by atoms with Gasteiger partial charge in [-0.15, -0.1) is 23.1 Å². The van der Waals surface area contributed by atoms with E-state index in [1.165, 1.54) is 11.8 Å². The van der Waals surface area contributed by atoms with Crippen LogP contribution in [0.1, 0.15) is 23.2 Å². The minimum absolute atomic E-state index is 0.0524. The quantitative estimate of drug-likeness (QED) is 0.852. The number of carbonyl (C=O) groups is 1. The number of thioether (sulfide) groups is 1. The van der Waals surface area contributed by atoms with Gasteiger partial charge in [-0.2, -0.15) is 0 Å². The molecule has 1 unspecified atom stereocenters. The lowest BCUT2D eigenvalue weighted by molar-refractivity contribution is 0.0947. The molecule has 1 amide bonds. The fraction of sp³-hybridized carbons (Fsp3) is 0.400.